The summed E-state index contributed by atoms with van der Waals surface area (Å²) in [5.74, 6) is -0.0189. The maximum absolute atomic E-state index is 12.5. The van der Waals surface area contributed by atoms with Crippen molar-refractivity contribution in [3.05, 3.63) is 0 Å². The molecule has 0 saturated carbocycles. The van der Waals surface area contributed by atoms with Gasteiger partial charge >= 0.3 is 6.03 Å². The Morgan fingerprint density at radius 3 is 1.95 bits per heavy atom. The molecule has 0 unspecified atom stereocenters. The zero-order valence-corrected chi connectivity index (χ0v) is 12.6. The number of nitrogens with zero attached hydrogens (tertiary/aromatic N) is 3. The average Bonchev–Trinajstić information content (AvgIpc) is 2.52. The first kappa shape index (κ1) is 14.3. The number of carbonyl (C=O) groups is 2. The van der Waals surface area contributed by atoms with Crippen LogP contribution >= 0.6 is 0 Å². The first-order valence-corrected chi connectivity index (χ1v) is 7.17. The van der Waals surface area contributed by atoms with E-state index < -0.39 is 5.54 Å². The number of likely N-dealkylation sites (tertiary alicyclic amines) is 1. The lowest BCUT2D eigenvalue weighted by Crippen LogP contribution is -2.59. The van der Waals surface area contributed by atoms with Crippen LogP contribution < -0.4 is 0 Å². The van der Waals surface area contributed by atoms with Gasteiger partial charge in [-0.15, -0.1) is 0 Å². The molecule has 5 heteroatoms. The fraction of sp³-hybridized carbons (Fsp3) is 0.857. The monoisotopic (exact) mass is 267 g/mol. The molecule has 2 saturated heterocycles. The van der Waals surface area contributed by atoms with Crippen LogP contribution in [-0.2, 0) is 4.79 Å². The van der Waals surface area contributed by atoms with Gasteiger partial charge in [0.05, 0.1) is 0 Å². The highest BCUT2D eigenvalue weighted by Crippen LogP contribution is 2.38. The molecule has 2 fully saturated rings. The van der Waals surface area contributed by atoms with E-state index in [9.17, 15) is 9.59 Å². The maximum Gasteiger partial charge on any atom is 0.327 e. The van der Waals surface area contributed by atoms with E-state index in [4.69, 9.17) is 0 Å². The van der Waals surface area contributed by atoms with E-state index in [1.807, 2.05) is 13.8 Å². The van der Waals surface area contributed by atoms with Crippen LogP contribution in [0, 0.1) is 0 Å². The van der Waals surface area contributed by atoms with Gasteiger partial charge in [-0.3, -0.25) is 9.69 Å². The van der Waals surface area contributed by atoms with Crippen molar-refractivity contribution in [1.29, 1.82) is 0 Å². The second kappa shape index (κ2) is 4.78. The van der Waals surface area contributed by atoms with E-state index in [1.54, 1.807) is 11.9 Å². The fourth-order valence-electron chi connectivity index (χ4n) is 3.43. The van der Waals surface area contributed by atoms with Crippen LogP contribution in [0.25, 0.3) is 0 Å². The Kier molecular flexibility index (Phi) is 3.60. The molecule has 0 aliphatic carbocycles. The molecule has 3 amide bonds. The lowest BCUT2D eigenvalue weighted by Gasteiger charge is -2.44. The van der Waals surface area contributed by atoms with Crippen LogP contribution in [0.15, 0.2) is 0 Å². The molecule has 0 N–H and O–H groups in total. The summed E-state index contributed by atoms with van der Waals surface area (Å²) in [4.78, 5) is 30.3. The highest BCUT2D eigenvalue weighted by Gasteiger charge is 2.57. The Hall–Kier alpha value is -1.10. The highest BCUT2D eigenvalue weighted by atomic mass is 16.2. The van der Waals surface area contributed by atoms with Crippen LogP contribution in [0.4, 0.5) is 4.79 Å². The first-order valence-electron chi connectivity index (χ1n) is 7.17. The summed E-state index contributed by atoms with van der Waals surface area (Å²) in [5, 5.41) is 0. The number of rotatable bonds is 2. The number of amides is 3. The zero-order chi connectivity index (χ0) is 14.4. The van der Waals surface area contributed by atoms with E-state index >= 15 is 0 Å². The highest BCUT2D eigenvalue weighted by molar-refractivity contribution is 6.07. The van der Waals surface area contributed by atoms with Crippen molar-refractivity contribution in [3.8, 4) is 0 Å². The second-order valence-corrected chi connectivity index (χ2v) is 6.27. The van der Waals surface area contributed by atoms with Gasteiger partial charge in [-0.2, -0.15) is 0 Å². The Morgan fingerprint density at radius 2 is 1.53 bits per heavy atom. The molecule has 1 spiro atoms. The summed E-state index contributed by atoms with van der Waals surface area (Å²) in [7, 11) is 1.60. The molecule has 0 atom stereocenters. The van der Waals surface area contributed by atoms with Gasteiger partial charge in [0.15, 0.2) is 0 Å². The molecule has 2 aliphatic rings. The van der Waals surface area contributed by atoms with Crippen molar-refractivity contribution < 1.29 is 9.59 Å². The zero-order valence-electron chi connectivity index (χ0n) is 12.6. The summed E-state index contributed by atoms with van der Waals surface area (Å²) < 4.78 is 0. The van der Waals surface area contributed by atoms with Gasteiger partial charge in [0.25, 0.3) is 5.91 Å². The van der Waals surface area contributed by atoms with E-state index in [0.29, 0.717) is 6.04 Å². The number of urea groups is 1. The lowest BCUT2D eigenvalue weighted by molar-refractivity contribution is -0.135. The predicted molar refractivity (Wildman–Crippen MR) is 73.8 cm³/mol. The fourth-order valence-corrected chi connectivity index (χ4v) is 3.43. The molecule has 5 nitrogen and oxygen atoms in total. The van der Waals surface area contributed by atoms with Gasteiger partial charge in [0, 0.05) is 32.2 Å². The summed E-state index contributed by atoms with van der Waals surface area (Å²) in [6.45, 7) is 10.1. The number of hydrogen-bond acceptors (Lipinski definition) is 3. The molecular weight excluding hydrogens is 242 g/mol. The smallest absolute Gasteiger partial charge is 0.307 e. The molecule has 2 aliphatic heterocycles. The Labute approximate surface area is 115 Å². The third-order valence-electron chi connectivity index (χ3n) is 4.53. The minimum absolute atomic E-state index is 0.0189. The van der Waals surface area contributed by atoms with Crippen molar-refractivity contribution in [1.82, 2.24) is 14.7 Å². The number of piperidine rings is 1. The summed E-state index contributed by atoms with van der Waals surface area (Å²) in [6, 6.07) is 0.416. The van der Waals surface area contributed by atoms with Crippen molar-refractivity contribution in [2.24, 2.45) is 0 Å². The molecule has 2 heterocycles. The van der Waals surface area contributed by atoms with Crippen LogP contribution in [0.3, 0.4) is 0 Å². The molecule has 0 aromatic carbocycles. The van der Waals surface area contributed by atoms with Crippen molar-refractivity contribution in [3.63, 3.8) is 0 Å². The SMILES string of the molecule is CC(C)N1CCC2(CC1)C(=O)N(C)C(=O)N2C(C)C. The lowest BCUT2D eigenvalue weighted by atomic mass is 9.84. The summed E-state index contributed by atoms with van der Waals surface area (Å²) in [5.41, 5.74) is -0.592. The minimum atomic E-state index is -0.592. The molecule has 0 aromatic heterocycles. The van der Waals surface area contributed by atoms with Gasteiger partial charge in [-0.25, -0.2) is 4.79 Å². The number of likely N-dealkylation sites (N-methyl/N-ethyl adjacent to an activating group) is 1. The van der Waals surface area contributed by atoms with Crippen LogP contribution in [0.2, 0.25) is 0 Å². The van der Waals surface area contributed by atoms with E-state index in [0.717, 1.165) is 25.9 Å². The van der Waals surface area contributed by atoms with Crippen molar-refractivity contribution in [2.45, 2.75) is 58.2 Å². The van der Waals surface area contributed by atoms with Gasteiger partial charge in [0.1, 0.15) is 5.54 Å². The second-order valence-electron chi connectivity index (χ2n) is 6.27. The van der Waals surface area contributed by atoms with Crippen LogP contribution in [-0.4, -0.2) is 64.4 Å². The molecular formula is C14H25N3O2. The standard InChI is InChI=1S/C14H25N3O2/c1-10(2)16-8-6-14(7-9-16)12(18)15(5)13(19)17(14)11(3)4/h10-11H,6-9H2,1-5H3. The number of imide groups is 1. The van der Waals surface area contributed by atoms with Gasteiger partial charge < -0.3 is 9.80 Å². The van der Waals surface area contributed by atoms with Gasteiger partial charge in [-0.05, 0) is 40.5 Å². The van der Waals surface area contributed by atoms with E-state index in [1.165, 1.54) is 4.90 Å². The quantitative estimate of drug-likeness (QED) is 0.713. The molecule has 2 rings (SSSR count). The Bertz CT molecular complexity index is 384. The van der Waals surface area contributed by atoms with E-state index in [-0.39, 0.29) is 18.0 Å². The van der Waals surface area contributed by atoms with Crippen molar-refractivity contribution >= 4 is 11.9 Å². The van der Waals surface area contributed by atoms with Crippen LogP contribution in [0.1, 0.15) is 40.5 Å². The summed E-state index contributed by atoms with van der Waals surface area (Å²) in [6.07, 6.45) is 1.50. The normalized spacial score (nSPS) is 24.4. The number of carbonyl (C=O) groups excluding carboxylic acids is 2. The molecule has 0 aromatic rings. The molecule has 19 heavy (non-hydrogen) atoms. The van der Waals surface area contributed by atoms with Gasteiger partial charge in [-0.1, -0.05) is 0 Å². The maximum atomic E-state index is 12.5. The predicted octanol–water partition coefficient (Wildman–Crippen LogP) is 1.53. The molecule has 108 valence electrons. The van der Waals surface area contributed by atoms with Gasteiger partial charge in [0.2, 0.25) is 0 Å². The van der Waals surface area contributed by atoms with Crippen molar-refractivity contribution in [2.75, 3.05) is 20.1 Å². The Balaban J connectivity index is 2.26. The first-order chi connectivity index (χ1) is 8.81. The minimum Gasteiger partial charge on any atom is -0.307 e. The topological polar surface area (TPSA) is 43.9 Å². The van der Waals surface area contributed by atoms with E-state index in [2.05, 4.69) is 18.7 Å². The third-order valence-corrected chi connectivity index (χ3v) is 4.53. The summed E-state index contributed by atoms with van der Waals surface area (Å²) >= 11 is 0. The molecule has 0 bridgehead atoms. The number of hydrogen-bond donors (Lipinski definition) is 0. The molecule has 0 radical (unpaired) electrons. The van der Waals surface area contributed by atoms with Crippen LogP contribution in [0.5, 0.6) is 0 Å². The third kappa shape index (κ3) is 2.04. The average molecular weight is 267 g/mol. The Morgan fingerprint density at radius 1 is 1.00 bits per heavy atom. The largest absolute Gasteiger partial charge is 0.327 e.